The Bertz CT molecular complexity index is 656. The number of hydrogen-bond donors (Lipinski definition) is 0. The first-order chi connectivity index (χ1) is 10.7. The van der Waals surface area contributed by atoms with Gasteiger partial charge in [0.05, 0.1) is 13.7 Å². The molecule has 1 saturated heterocycles. The minimum atomic E-state index is -0.0860. The Hall–Kier alpha value is -2.57. The lowest BCUT2D eigenvalue weighted by molar-refractivity contribution is 0.0768. The minimum Gasteiger partial charge on any atom is -0.479 e. The zero-order valence-corrected chi connectivity index (χ0v) is 12.6. The number of carbonyl (C=O) groups excluding carboxylic acids is 1. The zero-order valence-electron chi connectivity index (χ0n) is 12.6. The van der Waals surface area contributed by atoms with Crippen LogP contribution < -0.4 is 9.47 Å². The fourth-order valence-electron chi connectivity index (χ4n) is 2.53. The van der Waals surface area contributed by atoms with Crippen molar-refractivity contribution in [3.8, 4) is 11.8 Å². The molecule has 22 heavy (non-hydrogen) atoms. The Morgan fingerprint density at radius 2 is 2.27 bits per heavy atom. The summed E-state index contributed by atoms with van der Waals surface area (Å²) in [5.41, 5.74) is 0.475. The lowest BCUT2D eigenvalue weighted by atomic mass is 10.3. The number of hydrogen-bond acceptors (Lipinski definition) is 5. The molecule has 0 aromatic carbocycles. The molecule has 3 heterocycles. The molecule has 7 nitrogen and oxygen atoms in total. The van der Waals surface area contributed by atoms with Gasteiger partial charge in [-0.2, -0.15) is 0 Å². The van der Waals surface area contributed by atoms with Crippen molar-refractivity contribution < 1.29 is 14.3 Å². The van der Waals surface area contributed by atoms with Crippen LogP contribution in [0.4, 0.5) is 0 Å². The summed E-state index contributed by atoms with van der Waals surface area (Å²) in [6.45, 7) is 1.18. The first-order valence-corrected chi connectivity index (χ1v) is 7.12. The molecule has 2 aromatic heterocycles. The van der Waals surface area contributed by atoms with Gasteiger partial charge in [-0.25, -0.2) is 4.98 Å². The highest BCUT2D eigenvalue weighted by Crippen LogP contribution is 2.22. The smallest absolute Gasteiger partial charge is 0.261 e. The average Bonchev–Trinajstić information content (AvgIpc) is 3.14. The third-order valence-electron chi connectivity index (χ3n) is 3.58. The molecule has 0 bridgehead atoms. The molecule has 0 N–H and O–H groups in total. The van der Waals surface area contributed by atoms with Gasteiger partial charge in [0.25, 0.3) is 5.91 Å². The van der Waals surface area contributed by atoms with Crippen LogP contribution in [0.15, 0.2) is 30.6 Å². The largest absolute Gasteiger partial charge is 0.479 e. The van der Waals surface area contributed by atoms with Gasteiger partial charge in [0.2, 0.25) is 11.8 Å². The fourth-order valence-corrected chi connectivity index (χ4v) is 2.53. The second-order valence-electron chi connectivity index (χ2n) is 5.17. The number of carbonyl (C=O) groups is 1. The summed E-state index contributed by atoms with van der Waals surface area (Å²) in [5, 5.41) is 4.11. The van der Waals surface area contributed by atoms with Crippen molar-refractivity contribution >= 4 is 5.91 Å². The molecule has 1 amide bonds. The maximum absolute atomic E-state index is 12.6. The van der Waals surface area contributed by atoms with Crippen molar-refractivity contribution in [2.45, 2.75) is 12.5 Å². The predicted octanol–water partition coefficient (Wildman–Crippen LogP) is 1.12. The van der Waals surface area contributed by atoms with Crippen LogP contribution in [0.5, 0.6) is 11.8 Å². The quantitative estimate of drug-likeness (QED) is 0.846. The molecule has 2 aromatic rings. The summed E-state index contributed by atoms with van der Waals surface area (Å²) in [7, 11) is 3.27. The number of aromatic nitrogens is 3. The highest BCUT2D eigenvalue weighted by Gasteiger charge is 2.31. The minimum absolute atomic E-state index is 0.0403. The standard InChI is InChI=1S/C15H18N4O3/c1-18-10-12(14(17-18)21-2)15(20)19-8-6-11(9-19)22-13-5-3-4-7-16-13/h3-5,7,10-11H,6,8-9H2,1-2H3. The van der Waals surface area contributed by atoms with Crippen LogP contribution >= 0.6 is 0 Å². The van der Waals surface area contributed by atoms with Gasteiger partial charge in [-0.15, -0.1) is 5.10 Å². The van der Waals surface area contributed by atoms with Crippen molar-refractivity contribution in [1.82, 2.24) is 19.7 Å². The Morgan fingerprint density at radius 3 is 3.00 bits per heavy atom. The summed E-state index contributed by atoms with van der Waals surface area (Å²) >= 11 is 0. The van der Waals surface area contributed by atoms with E-state index >= 15 is 0 Å². The monoisotopic (exact) mass is 302 g/mol. The third kappa shape index (κ3) is 2.88. The van der Waals surface area contributed by atoms with Gasteiger partial charge in [-0.1, -0.05) is 6.07 Å². The van der Waals surface area contributed by atoms with E-state index in [0.717, 1.165) is 6.42 Å². The van der Waals surface area contributed by atoms with E-state index in [2.05, 4.69) is 10.1 Å². The van der Waals surface area contributed by atoms with E-state index in [1.165, 1.54) is 7.11 Å². The number of pyridine rings is 1. The molecule has 0 spiro atoms. The Balaban J connectivity index is 1.66. The number of amides is 1. The van der Waals surface area contributed by atoms with Gasteiger partial charge in [-0.3, -0.25) is 9.48 Å². The van der Waals surface area contributed by atoms with Crippen molar-refractivity contribution in [1.29, 1.82) is 0 Å². The third-order valence-corrected chi connectivity index (χ3v) is 3.58. The van der Waals surface area contributed by atoms with Crippen molar-refractivity contribution in [2.24, 2.45) is 7.05 Å². The van der Waals surface area contributed by atoms with Crippen LogP contribution in [0.3, 0.4) is 0 Å². The normalized spacial score (nSPS) is 17.5. The highest BCUT2D eigenvalue weighted by molar-refractivity contribution is 5.96. The molecule has 1 aliphatic heterocycles. The lowest BCUT2D eigenvalue weighted by Crippen LogP contribution is -2.31. The lowest BCUT2D eigenvalue weighted by Gasteiger charge is -2.16. The molecule has 0 aliphatic carbocycles. The molecule has 7 heteroatoms. The van der Waals surface area contributed by atoms with E-state index in [1.807, 2.05) is 18.2 Å². The molecule has 1 unspecified atom stereocenters. The SMILES string of the molecule is COc1nn(C)cc1C(=O)N1CCC(Oc2ccccn2)C1. The predicted molar refractivity (Wildman–Crippen MR) is 78.9 cm³/mol. The van der Waals surface area contributed by atoms with E-state index in [4.69, 9.17) is 9.47 Å². The maximum atomic E-state index is 12.6. The molecular formula is C15H18N4O3. The van der Waals surface area contributed by atoms with Gasteiger partial charge in [0, 0.05) is 38.5 Å². The summed E-state index contributed by atoms with van der Waals surface area (Å²) in [4.78, 5) is 18.5. The first kappa shape index (κ1) is 14.4. The molecule has 1 fully saturated rings. The molecule has 0 saturated carbocycles. The number of nitrogens with zero attached hydrogens (tertiary/aromatic N) is 4. The molecular weight excluding hydrogens is 284 g/mol. The van der Waals surface area contributed by atoms with E-state index < -0.39 is 0 Å². The Labute approximate surface area is 128 Å². The van der Waals surface area contributed by atoms with E-state index in [0.29, 0.717) is 30.4 Å². The number of ether oxygens (including phenoxy) is 2. The van der Waals surface area contributed by atoms with Crippen molar-refractivity contribution in [2.75, 3.05) is 20.2 Å². The average molecular weight is 302 g/mol. The zero-order chi connectivity index (χ0) is 15.5. The van der Waals surface area contributed by atoms with Crippen LogP contribution in [0.1, 0.15) is 16.8 Å². The van der Waals surface area contributed by atoms with Crippen LogP contribution in [-0.2, 0) is 7.05 Å². The summed E-state index contributed by atoms with van der Waals surface area (Å²) < 4.78 is 12.5. The van der Waals surface area contributed by atoms with Crippen LogP contribution in [0, 0.1) is 0 Å². The topological polar surface area (TPSA) is 69.5 Å². The second kappa shape index (κ2) is 6.05. The fraction of sp³-hybridized carbons (Fsp3) is 0.400. The molecule has 116 valence electrons. The van der Waals surface area contributed by atoms with Crippen LogP contribution in [0.25, 0.3) is 0 Å². The molecule has 0 radical (unpaired) electrons. The van der Waals surface area contributed by atoms with Crippen molar-refractivity contribution in [3.63, 3.8) is 0 Å². The number of likely N-dealkylation sites (tertiary alicyclic amines) is 1. The maximum Gasteiger partial charge on any atom is 0.261 e. The van der Waals surface area contributed by atoms with E-state index in [1.54, 1.807) is 29.0 Å². The summed E-state index contributed by atoms with van der Waals surface area (Å²) in [6, 6.07) is 5.53. The van der Waals surface area contributed by atoms with Crippen LogP contribution in [0.2, 0.25) is 0 Å². The molecule has 1 aliphatic rings. The number of methoxy groups -OCH3 is 1. The van der Waals surface area contributed by atoms with Gasteiger partial charge in [0.15, 0.2) is 0 Å². The summed E-state index contributed by atoms with van der Waals surface area (Å²) in [5.74, 6) is 0.847. The first-order valence-electron chi connectivity index (χ1n) is 7.12. The van der Waals surface area contributed by atoms with Gasteiger partial charge < -0.3 is 14.4 Å². The Morgan fingerprint density at radius 1 is 1.41 bits per heavy atom. The number of aryl methyl sites for hydroxylation is 1. The van der Waals surface area contributed by atoms with Crippen molar-refractivity contribution in [3.05, 3.63) is 36.2 Å². The summed E-state index contributed by atoms with van der Waals surface area (Å²) in [6.07, 6.45) is 4.11. The molecule has 3 rings (SSSR count). The van der Waals surface area contributed by atoms with Gasteiger partial charge in [0.1, 0.15) is 11.7 Å². The van der Waals surface area contributed by atoms with Gasteiger partial charge in [-0.05, 0) is 6.07 Å². The molecule has 1 atom stereocenters. The highest BCUT2D eigenvalue weighted by atomic mass is 16.5. The second-order valence-corrected chi connectivity index (χ2v) is 5.17. The Kier molecular flexibility index (Phi) is 3.95. The van der Waals surface area contributed by atoms with E-state index in [9.17, 15) is 4.79 Å². The number of rotatable bonds is 4. The van der Waals surface area contributed by atoms with Crippen LogP contribution in [-0.4, -0.2) is 51.9 Å². The van der Waals surface area contributed by atoms with E-state index in [-0.39, 0.29) is 12.0 Å². The van der Waals surface area contributed by atoms with Gasteiger partial charge >= 0.3 is 0 Å².